The Balaban J connectivity index is 1.82. The number of ether oxygens (including phenoxy) is 3. The standard InChI is InChI=1S/C31H37N3O7/c1-6-40-28(36)17-19-33-21-27(35)34(23-12-14-24(39-5)15-13-23)26-16-11-22(20-25(26)29(33)37)10-8-7-9-18-32-30(38)41-31(2,3)4/h11-16,20H,6-7,9,17-19,21H2,1-5H3,(H,32,38). The summed E-state index contributed by atoms with van der Waals surface area (Å²) in [7, 11) is 1.56. The number of methoxy groups -OCH3 is 1. The van der Waals surface area contributed by atoms with Crippen LogP contribution < -0.4 is 15.0 Å². The third-order valence-electron chi connectivity index (χ3n) is 5.93. The number of alkyl carbamates (subject to hydrolysis) is 1. The molecular weight excluding hydrogens is 526 g/mol. The summed E-state index contributed by atoms with van der Waals surface area (Å²) in [6.45, 7) is 7.60. The van der Waals surface area contributed by atoms with Crippen molar-refractivity contribution >= 4 is 35.3 Å². The van der Waals surface area contributed by atoms with E-state index < -0.39 is 17.7 Å². The molecule has 0 unspecified atom stereocenters. The van der Waals surface area contributed by atoms with Gasteiger partial charge in [-0.3, -0.25) is 19.3 Å². The SMILES string of the molecule is CCOC(=O)CCN1CC(=O)N(c2ccc(OC)cc2)c2ccc(C#CCCCNC(=O)OC(C)(C)C)cc2C1=O. The van der Waals surface area contributed by atoms with Crippen molar-refractivity contribution in [2.24, 2.45) is 0 Å². The van der Waals surface area contributed by atoms with Crippen molar-refractivity contribution in [2.45, 2.75) is 52.6 Å². The van der Waals surface area contributed by atoms with Crippen molar-refractivity contribution in [3.8, 4) is 17.6 Å². The molecule has 2 aromatic carbocycles. The van der Waals surface area contributed by atoms with Gasteiger partial charge in [0.2, 0.25) is 0 Å². The van der Waals surface area contributed by atoms with Gasteiger partial charge >= 0.3 is 12.1 Å². The minimum absolute atomic E-state index is 0.0262. The van der Waals surface area contributed by atoms with E-state index in [1.54, 1.807) is 77.3 Å². The molecule has 3 rings (SSSR count). The maximum Gasteiger partial charge on any atom is 0.407 e. The molecule has 0 spiro atoms. The summed E-state index contributed by atoms with van der Waals surface area (Å²) in [6.07, 6.45) is 0.639. The van der Waals surface area contributed by atoms with Crippen molar-refractivity contribution in [3.63, 3.8) is 0 Å². The van der Waals surface area contributed by atoms with E-state index in [9.17, 15) is 19.2 Å². The lowest BCUT2D eigenvalue weighted by Gasteiger charge is -2.23. The van der Waals surface area contributed by atoms with Crippen LogP contribution in [0.4, 0.5) is 16.2 Å². The quantitative estimate of drug-likeness (QED) is 0.273. The molecule has 1 aliphatic rings. The molecule has 1 aliphatic heterocycles. The van der Waals surface area contributed by atoms with Crippen LogP contribution in [-0.4, -0.2) is 67.7 Å². The first-order valence-electron chi connectivity index (χ1n) is 13.5. The first-order valence-corrected chi connectivity index (χ1v) is 13.5. The summed E-state index contributed by atoms with van der Waals surface area (Å²) in [6, 6.07) is 12.1. The van der Waals surface area contributed by atoms with E-state index in [2.05, 4.69) is 17.2 Å². The Hall–Kier alpha value is -4.52. The lowest BCUT2D eigenvalue weighted by atomic mass is 10.1. The Labute approximate surface area is 240 Å². The van der Waals surface area contributed by atoms with Crippen molar-refractivity contribution in [1.29, 1.82) is 0 Å². The number of unbranched alkanes of at least 4 members (excludes halogenated alkanes) is 1. The highest BCUT2D eigenvalue weighted by Crippen LogP contribution is 2.34. The average Bonchev–Trinajstić information content (AvgIpc) is 3.02. The Bertz CT molecular complexity index is 1320. The number of benzene rings is 2. The minimum Gasteiger partial charge on any atom is -0.497 e. The number of carbonyl (C=O) groups is 4. The highest BCUT2D eigenvalue weighted by atomic mass is 16.6. The van der Waals surface area contributed by atoms with Crippen molar-refractivity contribution in [3.05, 3.63) is 53.6 Å². The van der Waals surface area contributed by atoms with E-state index in [0.29, 0.717) is 47.6 Å². The zero-order valence-electron chi connectivity index (χ0n) is 24.2. The first-order chi connectivity index (χ1) is 19.5. The Kier molecular flexibility index (Phi) is 10.8. The largest absolute Gasteiger partial charge is 0.497 e. The Morgan fingerprint density at radius 2 is 1.80 bits per heavy atom. The predicted molar refractivity (Wildman–Crippen MR) is 154 cm³/mol. The van der Waals surface area contributed by atoms with E-state index in [1.165, 1.54) is 9.80 Å². The van der Waals surface area contributed by atoms with Gasteiger partial charge in [-0.05, 0) is 76.6 Å². The van der Waals surface area contributed by atoms with E-state index in [0.717, 1.165) is 0 Å². The molecule has 1 heterocycles. The van der Waals surface area contributed by atoms with E-state index >= 15 is 0 Å². The molecule has 2 aromatic rings. The topological polar surface area (TPSA) is 114 Å². The lowest BCUT2D eigenvalue weighted by Crippen LogP contribution is -2.38. The highest BCUT2D eigenvalue weighted by molar-refractivity contribution is 6.13. The van der Waals surface area contributed by atoms with Crippen LogP contribution in [0.1, 0.15) is 62.9 Å². The van der Waals surface area contributed by atoms with Crippen molar-refractivity contribution in [2.75, 3.05) is 38.3 Å². The molecule has 0 atom stereocenters. The molecule has 218 valence electrons. The van der Waals surface area contributed by atoms with E-state index in [-0.39, 0.29) is 37.9 Å². The Morgan fingerprint density at radius 1 is 1.07 bits per heavy atom. The Morgan fingerprint density at radius 3 is 2.46 bits per heavy atom. The zero-order chi connectivity index (χ0) is 30.0. The molecule has 0 aliphatic carbocycles. The predicted octanol–water partition coefficient (Wildman–Crippen LogP) is 4.43. The van der Waals surface area contributed by atoms with E-state index in [1.807, 2.05) is 0 Å². The van der Waals surface area contributed by atoms with Gasteiger partial charge in [-0.15, -0.1) is 0 Å². The zero-order valence-corrected chi connectivity index (χ0v) is 24.2. The van der Waals surface area contributed by atoms with Gasteiger partial charge in [0.05, 0.1) is 31.4 Å². The number of hydrogen-bond acceptors (Lipinski definition) is 7. The number of fused-ring (bicyclic) bond motifs is 1. The van der Waals surface area contributed by atoms with Gasteiger partial charge in [0.25, 0.3) is 11.8 Å². The van der Waals surface area contributed by atoms with Gasteiger partial charge in [-0.25, -0.2) is 4.79 Å². The molecule has 3 amide bonds. The fourth-order valence-corrected chi connectivity index (χ4v) is 4.09. The fourth-order valence-electron chi connectivity index (χ4n) is 4.09. The van der Waals surface area contributed by atoms with Crippen LogP contribution in [0.5, 0.6) is 5.75 Å². The van der Waals surface area contributed by atoms with Crippen LogP contribution in [0.3, 0.4) is 0 Å². The lowest BCUT2D eigenvalue weighted by molar-refractivity contribution is -0.143. The summed E-state index contributed by atoms with van der Waals surface area (Å²) in [5, 5.41) is 2.70. The van der Waals surface area contributed by atoms with Crippen LogP contribution in [0, 0.1) is 11.8 Å². The van der Waals surface area contributed by atoms with Gasteiger partial charge in [-0.2, -0.15) is 0 Å². The third kappa shape index (κ3) is 9.00. The van der Waals surface area contributed by atoms with Crippen LogP contribution in [0.25, 0.3) is 0 Å². The average molecular weight is 564 g/mol. The molecule has 10 nitrogen and oxygen atoms in total. The molecule has 0 aromatic heterocycles. The third-order valence-corrected chi connectivity index (χ3v) is 5.93. The molecule has 0 saturated carbocycles. The van der Waals surface area contributed by atoms with Crippen LogP contribution in [0.15, 0.2) is 42.5 Å². The smallest absolute Gasteiger partial charge is 0.407 e. The van der Waals surface area contributed by atoms with Gasteiger partial charge < -0.3 is 24.4 Å². The molecule has 10 heteroatoms. The summed E-state index contributed by atoms with van der Waals surface area (Å²) < 4.78 is 15.5. The van der Waals surface area contributed by atoms with Gasteiger partial charge in [0, 0.05) is 30.8 Å². The number of esters is 1. The summed E-state index contributed by atoms with van der Waals surface area (Å²) in [4.78, 5) is 53.7. The minimum atomic E-state index is -0.561. The number of anilines is 2. The number of carbonyl (C=O) groups excluding carboxylic acids is 4. The second kappa shape index (κ2) is 14.2. The number of rotatable bonds is 9. The number of nitrogens with one attached hydrogen (secondary N) is 1. The number of hydrogen-bond donors (Lipinski definition) is 1. The maximum absolute atomic E-state index is 13.6. The summed E-state index contributed by atoms with van der Waals surface area (Å²) >= 11 is 0. The molecule has 0 bridgehead atoms. The fraction of sp³-hybridized carbons (Fsp3) is 0.419. The monoisotopic (exact) mass is 563 g/mol. The molecule has 1 N–H and O–H groups in total. The van der Waals surface area contributed by atoms with Gasteiger partial charge in [0.1, 0.15) is 17.9 Å². The van der Waals surface area contributed by atoms with Crippen molar-refractivity contribution in [1.82, 2.24) is 10.2 Å². The summed E-state index contributed by atoms with van der Waals surface area (Å²) in [5.41, 5.74) is 1.35. The number of amides is 3. The second-order valence-electron chi connectivity index (χ2n) is 10.3. The molecule has 0 fully saturated rings. The summed E-state index contributed by atoms with van der Waals surface area (Å²) in [5.74, 6) is 5.64. The maximum atomic E-state index is 13.6. The van der Waals surface area contributed by atoms with Gasteiger partial charge in [-0.1, -0.05) is 11.8 Å². The number of nitrogens with zero attached hydrogens (tertiary/aromatic N) is 2. The van der Waals surface area contributed by atoms with Crippen LogP contribution in [0.2, 0.25) is 0 Å². The van der Waals surface area contributed by atoms with E-state index in [4.69, 9.17) is 14.2 Å². The van der Waals surface area contributed by atoms with Crippen molar-refractivity contribution < 1.29 is 33.4 Å². The van der Waals surface area contributed by atoms with Gasteiger partial charge in [0.15, 0.2) is 0 Å². The molecular formula is C31H37N3O7. The molecule has 0 radical (unpaired) electrons. The molecule has 0 saturated heterocycles. The molecule has 41 heavy (non-hydrogen) atoms. The first kappa shape index (κ1) is 31.0. The normalized spacial score (nSPS) is 13.0. The van der Waals surface area contributed by atoms with Crippen LogP contribution >= 0.6 is 0 Å². The highest BCUT2D eigenvalue weighted by Gasteiger charge is 2.33. The van der Waals surface area contributed by atoms with Crippen LogP contribution in [-0.2, 0) is 19.1 Å². The second-order valence-corrected chi connectivity index (χ2v) is 10.3.